The minimum Gasteiger partial charge on any atom is -0.444 e. The summed E-state index contributed by atoms with van der Waals surface area (Å²) < 4.78 is 5.70. The maximum absolute atomic E-state index is 13.7. The fourth-order valence-electron chi connectivity index (χ4n) is 5.81. The Bertz CT molecular complexity index is 1560. The summed E-state index contributed by atoms with van der Waals surface area (Å²) in [6.07, 6.45) is 3.81. The number of pyridine rings is 1. The zero-order chi connectivity index (χ0) is 29.3. The highest BCUT2D eigenvalue weighted by molar-refractivity contribution is 5.77. The first-order valence-corrected chi connectivity index (χ1v) is 14.4. The molecule has 0 bridgehead atoms. The quantitative estimate of drug-likeness (QED) is 0.335. The van der Waals surface area contributed by atoms with Gasteiger partial charge in [-0.3, -0.25) is 10.1 Å². The number of rotatable bonds is 4. The Morgan fingerprint density at radius 3 is 2.45 bits per heavy atom. The third kappa shape index (κ3) is 5.86. The third-order valence-corrected chi connectivity index (χ3v) is 7.88. The van der Waals surface area contributed by atoms with E-state index in [1.807, 2.05) is 62.1 Å². The Balaban J connectivity index is 1.23. The van der Waals surface area contributed by atoms with E-state index < -0.39 is 5.60 Å². The van der Waals surface area contributed by atoms with E-state index in [4.69, 9.17) is 4.74 Å². The van der Waals surface area contributed by atoms with Crippen molar-refractivity contribution in [2.24, 2.45) is 0 Å². The predicted molar refractivity (Wildman–Crippen MR) is 161 cm³/mol. The molecule has 1 fully saturated rings. The summed E-state index contributed by atoms with van der Waals surface area (Å²) >= 11 is 0. The molecule has 6 rings (SSSR count). The van der Waals surface area contributed by atoms with Gasteiger partial charge in [0, 0.05) is 61.2 Å². The van der Waals surface area contributed by atoms with Crippen LogP contribution in [-0.4, -0.2) is 68.4 Å². The Morgan fingerprint density at radius 2 is 1.69 bits per heavy atom. The third-order valence-electron chi connectivity index (χ3n) is 7.88. The normalized spacial score (nSPS) is 18.5. The molecule has 0 radical (unpaired) electrons. The molecule has 2 aromatic heterocycles. The van der Waals surface area contributed by atoms with Gasteiger partial charge in [0.1, 0.15) is 5.60 Å². The summed E-state index contributed by atoms with van der Waals surface area (Å²) in [4.78, 5) is 34.5. The SMILES string of the molecule is CC(C)(C)OC(=O)N1C[C@H](NC(=O)N2CCc3[nH]nc(-c4ccncc4)c3C2)[C@@H](c2cccc(-c3ccccc3)c2)C1. The fourth-order valence-corrected chi connectivity index (χ4v) is 5.81. The van der Waals surface area contributed by atoms with Crippen molar-refractivity contribution in [2.75, 3.05) is 19.6 Å². The van der Waals surface area contributed by atoms with Crippen LogP contribution in [-0.2, 0) is 17.7 Å². The second-order valence-corrected chi connectivity index (χ2v) is 12.0. The molecule has 0 spiro atoms. The summed E-state index contributed by atoms with van der Waals surface area (Å²) in [7, 11) is 0. The monoisotopic (exact) mass is 564 g/mol. The molecule has 0 unspecified atom stereocenters. The minimum atomic E-state index is -0.607. The van der Waals surface area contributed by atoms with Gasteiger partial charge in [0.25, 0.3) is 0 Å². The molecule has 2 aliphatic rings. The number of nitrogens with one attached hydrogen (secondary N) is 2. The topological polar surface area (TPSA) is 103 Å². The summed E-state index contributed by atoms with van der Waals surface area (Å²) in [5.41, 5.74) is 6.57. The van der Waals surface area contributed by atoms with Crippen LogP contribution in [0.4, 0.5) is 9.59 Å². The molecule has 0 aliphatic carbocycles. The van der Waals surface area contributed by atoms with Gasteiger partial charge in [0.2, 0.25) is 0 Å². The van der Waals surface area contributed by atoms with E-state index in [1.165, 1.54) is 0 Å². The summed E-state index contributed by atoms with van der Waals surface area (Å²) in [6.45, 7) is 7.44. The van der Waals surface area contributed by atoms with Crippen molar-refractivity contribution in [2.45, 2.75) is 51.3 Å². The van der Waals surface area contributed by atoms with Crippen molar-refractivity contribution in [3.05, 3.63) is 95.9 Å². The number of fused-ring (bicyclic) bond motifs is 1. The molecule has 2 N–H and O–H groups in total. The molecule has 0 saturated carbocycles. The van der Waals surface area contributed by atoms with E-state index in [0.29, 0.717) is 32.6 Å². The lowest BCUT2D eigenvalue weighted by atomic mass is 9.91. The molecule has 9 heteroatoms. The lowest BCUT2D eigenvalue weighted by Gasteiger charge is -2.30. The summed E-state index contributed by atoms with van der Waals surface area (Å²) in [6, 6.07) is 22.0. The summed E-state index contributed by atoms with van der Waals surface area (Å²) in [5.74, 6) is -0.0909. The van der Waals surface area contributed by atoms with Crippen molar-refractivity contribution in [1.29, 1.82) is 0 Å². The van der Waals surface area contributed by atoms with E-state index in [9.17, 15) is 9.59 Å². The number of carbonyl (C=O) groups excluding carboxylic acids is 2. The number of nitrogens with zero attached hydrogens (tertiary/aromatic N) is 4. The zero-order valence-corrected chi connectivity index (χ0v) is 24.2. The van der Waals surface area contributed by atoms with Gasteiger partial charge in [-0.25, -0.2) is 9.59 Å². The molecule has 2 atom stereocenters. The standard InChI is InChI=1S/C33H36N6O3/c1-33(2,3)42-32(41)39-19-26(25-11-7-10-24(18-25)22-8-5-4-6-9-22)29(21-39)35-31(40)38-17-14-28-27(20-38)30(37-36-28)23-12-15-34-16-13-23/h4-13,15-16,18,26,29H,14,17,19-21H2,1-3H3,(H,35,40)(H,36,37)/t26-,29+/m1/s1. The number of H-pyrrole nitrogens is 1. The fraction of sp³-hybridized carbons (Fsp3) is 0.333. The average molecular weight is 565 g/mol. The molecule has 4 aromatic rings. The molecule has 1 saturated heterocycles. The number of hydrogen-bond donors (Lipinski definition) is 2. The molecule has 9 nitrogen and oxygen atoms in total. The first-order chi connectivity index (χ1) is 20.2. The van der Waals surface area contributed by atoms with Crippen molar-refractivity contribution in [1.82, 2.24) is 30.3 Å². The Hall–Kier alpha value is -4.66. The van der Waals surface area contributed by atoms with Crippen LogP contribution >= 0.6 is 0 Å². The largest absolute Gasteiger partial charge is 0.444 e. The van der Waals surface area contributed by atoms with Crippen LogP contribution < -0.4 is 5.32 Å². The molecule has 2 aliphatic heterocycles. The number of ether oxygens (including phenoxy) is 1. The molecule has 3 amide bonds. The highest BCUT2D eigenvalue weighted by Crippen LogP contribution is 2.33. The van der Waals surface area contributed by atoms with Crippen LogP contribution in [0.3, 0.4) is 0 Å². The second kappa shape index (κ2) is 11.3. The second-order valence-electron chi connectivity index (χ2n) is 12.0. The number of aromatic nitrogens is 3. The summed E-state index contributed by atoms with van der Waals surface area (Å²) in [5, 5.41) is 11.0. The molecular formula is C33H36N6O3. The van der Waals surface area contributed by atoms with E-state index in [-0.39, 0.29) is 24.1 Å². The number of amides is 3. The number of carbonyl (C=O) groups is 2. The van der Waals surface area contributed by atoms with Gasteiger partial charge in [0.15, 0.2) is 0 Å². The number of benzene rings is 2. The highest BCUT2D eigenvalue weighted by Gasteiger charge is 2.40. The highest BCUT2D eigenvalue weighted by atomic mass is 16.6. The molecule has 4 heterocycles. The van der Waals surface area contributed by atoms with E-state index in [2.05, 4.69) is 50.8 Å². The number of hydrogen-bond acceptors (Lipinski definition) is 5. The van der Waals surface area contributed by atoms with Crippen LogP contribution in [0.25, 0.3) is 22.4 Å². The molecule has 2 aromatic carbocycles. The van der Waals surface area contributed by atoms with Gasteiger partial charge in [-0.2, -0.15) is 5.10 Å². The number of aromatic amines is 1. The van der Waals surface area contributed by atoms with Crippen LogP contribution in [0.2, 0.25) is 0 Å². The van der Waals surface area contributed by atoms with E-state index in [0.717, 1.165) is 39.2 Å². The van der Waals surface area contributed by atoms with Gasteiger partial charge < -0.3 is 19.9 Å². The first-order valence-electron chi connectivity index (χ1n) is 14.4. The average Bonchev–Trinajstić information content (AvgIpc) is 3.62. The van der Waals surface area contributed by atoms with Crippen molar-refractivity contribution < 1.29 is 14.3 Å². The van der Waals surface area contributed by atoms with Crippen LogP contribution in [0.5, 0.6) is 0 Å². The lowest BCUT2D eigenvalue weighted by Crippen LogP contribution is -2.49. The minimum absolute atomic E-state index is 0.0909. The Morgan fingerprint density at radius 1 is 0.929 bits per heavy atom. The smallest absolute Gasteiger partial charge is 0.410 e. The van der Waals surface area contributed by atoms with Gasteiger partial charge >= 0.3 is 12.1 Å². The van der Waals surface area contributed by atoms with E-state index >= 15 is 0 Å². The van der Waals surface area contributed by atoms with Crippen LogP contribution in [0.15, 0.2) is 79.1 Å². The first kappa shape index (κ1) is 27.5. The van der Waals surface area contributed by atoms with Crippen molar-refractivity contribution in [3.63, 3.8) is 0 Å². The Labute approximate surface area is 245 Å². The van der Waals surface area contributed by atoms with Gasteiger partial charge in [-0.05, 0) is 49.6 Å². The molecule has 216 valence electrons. The maximum atomic E-state index is 13.7. The van der Waals surface area contributed by atoms with Gasteiger partial charge in [-0.15, -0.1) is 0 Å². The molecule has 42 heavy (non-hydrogen) atoms. The Kier molecular flexibility index (Phi) is 7.41. The lowest BCUT2D eigenvalue weighted by molar-refractivity contribution is 0.0289. The van der Waals surface area contributed by atoms with Crippen LogP contribution in [0.1, 0.15) is 43.5 Å². The van der Waals surface area contributed by atoms with Gasteiger partial charge in [-0.1, -0.05) is 54.6 Å². The molecular weight excluding hydrogens is 528 g/mol. The number of urea groups is 1. The maximum Gasteiger partial charge on any atom is 0.410 e. The van der Waals surface area contributed by atoms with E-state index in [1.54, 1.807) is 17.3 Å². The number of likely N-dealkylation sites (tertiary alicyclic amines) is 1. The van der Waals surface area contributed by atoms with Gasteiger partial charge in [0.05, 0.1) is 18.3 Å². The predicted octanol–water partition coefficient (Wildman–Crippen LogP) is 5.61. The zero-order valence-electron chi connectivity index (χ0n) is 24.2. The van der Waals surface area contributed by atoms with Crippen molar-refractivity contribution >= 4 is 12.1 Å². The van der Waals surface area contributed by atoms with Crippen molar-refractivity contribution in [3.8, 4) is 22.4 Å². The van der Waals surface area contributed by atoms with Crippen LogP contribution in [0, 0.1) is 0 Å².